The topological polar surface area (TPSA) is 77.3 Å². The van der Waals surface area contributed by atoms with Gasteiger partial charge in [-0.2, -0.15) is 0 Å². The number of urea groups is 1. The number of aromatic nitrogens is 2. The van der Waals surface area contributed by atoms with Gasteiger partial charge < -0.3 is 15.4 Å². The highest BCUT2D eigenvalue weighted by Crippen LogP contribution is 2.33. The Hall–Kier alpha value is -3.71. The molecule has 0 aliphatic rings. The lowest BCUT2D eigenvalue weighted by Crippen LogP contribution is -2.20. The molecule has 0 atom stereocenters. The van der Waals surface area contributed by atoms with Gasteiger partial charge in [0.15, 0.2) is 5.75 Å². The number of hydrogen-bond acceptors (Lipinski definition) is 3. The second-order valence-electron chi connectivity index (χ2n) is 6.74. The second kappa shape index (κ2) is 7.96. The standard InChI is InChI=1S/C22H19ClN4O3/c1-26-18-12-17(25-21(28)24-15-10-8-14(23)9-11-15)20(13-19(18)27(2)22(26)29)30-16-6-4-3-5-7-16/h3-13H,1-2H3,(H2,24,25,28). The van der Waals surface area contributed by atoms with E-state index in [-0.39, 0.29) is 5.69 Å². The van der Waals surface area contributed by atoms with E-state index in [9.17, 15) is 9.59 Å². The molecular weight excluding hydrogens is 404 g/mol. The largest absolute Gasteiger partial charge is 0.455 e. The molecule has 0 aliphatic carbocycles. The smallest absolute Gasteiger partial charge is 0.328 e. The van der Waals surface area contributed by atoms with E-state index in [1.165, 1.54) is 9.13 Å². The van der Waals surface area contributed by atoms with Gasteiger partial charge >= 0.3 is 11.7 Å². The molecule has 0 unspecified atom stereocenters. The SMILES string of the molecule is Cn1c(=O)n(C)c2cc(Oc3ccccc3)c(NC(=O)Nc3ccc(Cl)cc3)cc21. The Labute approximate surface area is 177 Å². The van der Waals surface area contributed by atoms with Crippen molar-refractivity contribution in [1.29, 1.82) is 0 Å². The van der Waals surface area contributed by atoms with Gasteiger partial charge in [-0.3, -0.25) is 9.13 Å². The van der Waals surface area contributed by atoms with Gasteiger partial charge in [0.05, 0.1) is 16.7 Å². The first kappa shape index (κ1) is 19.6. The number of imidazole rings is 1. The van der Waals surface area contributed by atoms with E-state index in [1.54, 1.807) is 50.5 Å². The Bertz CT molecular complexity index is 1280. The fraction of sp³-hybridized carbons (Fsp3) is 0.0909. The maximum Gasteiger partial charge on any atom is 0.328 e. The minimum Gasteiger partial charge on any atom is -0.455 e. The molecule has 1 heterocycles. The van der Waals surface area contributed by atoms with Crippen LogP contribution in [-0.4, -0.2) is 15.2 Å². The van der Waals surface area contributed by atoms with Crippen molar-refractivity contribution in [3.63, 3.8) is 0 Å². The Morgan fingerprint density at radius 3 is 2.20 bits per heavy atom. The quantitative estimate of drug-likeness (QED) is 0.487. The van der Waals surface area contributed by atoms with Gasteiger partial charge in [0.1, 0.15) is 5.75 Å². The molecule has 4 aromatic rings. The number of ether oxygens (including phenoxy) is 1. The number of nitrogens with one attached hydrogen (secondary N) is 2. The van der Waals surface area contributed by atoms with Crippen LogP contribution < -0.4 is 21.1 Å². The van der Waals surface area contributed by atoms with Crippen molar-refractivity contribution in [3.8, 4) is 11.5 Å². The number of para-hydroxylation sites is 1. The summed E-state index contributed by atoms with van der Waals surface area (Å²) in [5.74, 6) is 1.03. The first-order valence-corrected chi connectivity index (χ1v) is 9.56. The number of fused-ring (bicyclic) bond motifs is 1. The zero-order valence-corrected chi connectivity index (χ0v) is 17.1. The van der Waals surface area contributed by atoms with E-state index < -0.39 is 6.03 Å². The Kier molecular flexibility index (Phi) is 5.20. The Balaban J connectivity index is 1.71. The number of halogens is 1. The van der Waals surface area contributed by atoms with Crippen molar-refractivity contribution < 1.29 is 9.53 Å². The van der Waals surface area contributed by atoms with Crippen molar-refractivity contribution in [2.45, 2.75) is 0 Å². The number of nitrogens with zero attached hydrogens (tertiary/aromatic N) is 2. The zero-order valence-electron chi connectivity index (χ0n) is 16.3. The number of rotatable bonds is 4. The number of aryl methyl sites for hydroxylation is 2. The molecule has 0 bridgehead atoms. The van der Waals surface area contributed by atoms with Crippen LogP contribution in [0.2, 0.25) is 5.02 Å². The highest BCUT2D eigenvalue weighted by Gasteiger charge is 2.16. The van der Waals surface area contributed by atoms with E-state index >= 15 is 0 Å². The van der Waals surface area contributed by atoms with Gasteiger partial charge in [0.2, 0.25) is 0 Å². The lowest BCUT2D eigenvalue weighted by Gasteiger charge is -2.14. The summed E-state index contributed by atoms with van der Waals surface area (Å²) < 4.78 is 9.05. The molecule has 2 N–H and O–H groups in total. The van der Waals surface area contributed by atoms with Crippen molar-refractivity contribution >= 4 is 40.0 Å². The van der Waals surface area contributed by atoms with Gasteiger partial charge in [0.25, 0.3) is 0 Å². The summed E-state index contributed by atoms with van der Waals surface area (Å²) in [5, 5.41) is 6.14. The van der Waals surface area contributed by atoms with Crippen molar-refractivity contribution in [3.05, 3.63) is 82.2 Å². The normalized spacial score (nSPS) is 10.8. The molecule has 0 saturated heterocycles. The Morgan fingerprint density at radius 1 is 0.900 bits per heavy atom. The van der Waals surface area contributed by atoms with Gasteiger partial charge in [-0.25, -0.2) is 9.59 Å². The lowest BCUT2D eigenvalue weighted by molar-refractivity contribution is 0.262. The molecule has 8 heteroatoms. The summed E-state index contributed by atoms with van der Waals surface area (Å²) in [7, 11) is 3.37. The van der Waals surface area contributed by atoms with E-state index in [4.69, 9.17) is 16.3 Å². The van der Waals surface area contributed by atoms with E-state index in [0.717, 1.165) is 0 Å². The molecule has 3 aromatic carbocycles. The molecule has 1 aromatic heterocycles. The molecule has 0 radical (unpaired) electrons. The second-order valence-corrected chi connectivity index (χ2v) is 7.18. The number of carbonyl (C=O) groups excluding carboxylic acids is 1. The van der Waals surface area contributed by atoms with Gasteiger partial charge in [-0.1, -0.05) is 29.8 Å². The van der Waals surface area contributed by atoms with Gasteiger partial charge in [0, 0.05) is 30.9 Å². The number of amides is 2. The van der Waals surface area contributed by atoms with E-state index in [2.05, 4.69) is 10.6 Å². The maximum atomic E-state index is 12.6. The molecular formula is C22H19ClN4O3. The number of carbonyl (C=O) groups is 1. The van der Waals surface area contributed by atoms with Crippen LogP contribution in [0.25, 0.3) is 11.0 Å². The van der Waals surface area contributed by atoms with Gasteiger partial charge in [-0.05, 0) is 42.5 Å². The van der Waals surface area contributed by atoms with Crippen LogP contribution in [0, 0.1) is 0 Å². The van der Waals surface area contributed by atoms with Gasteiger partial charge in [-0.15, -0.1) is 0 Å². The molecule has 0 spiro atoms. The average molecular weight is 423 g/mol. The number of benzene rings is 3. The predicted octanol–water partition coefficient (Wildman–Crippen LogP) is 4.97. The summed E-state index contributed by atoms with van der Waals surface area (Å²) in [6.45, 7) is 0. The van der Waals surface area contributed by atoms with Crippen LogP contribution in [0.15, 0.2) is 71.5 Å². The molecule has 0 saturated carbocycles. The molecule has 4 rings (SSSR count). The Morgan fingerprint density at radius 2 is 1.53 bits per heavy atom. The highest BCUT2D eigenvalue weighted by atomic mass is 35.5. The predicted molar refractivity (Wildman–Crippen MR) is 119 cm³/mol. The van der Waals surface area contributed by atoms with E-state index in [0.29, 0.717) is 38.9 Å². The lowest BCUT2D eigenvalue weighted by atomic mass is 10.2. The summed E-state index contributed by atoms with van der Waals surface area (Å²) in [5.41, 5.74) is 2.22. The van der Waals surface area contributed by atoms with Crippen molar-refractivity contribution in [2.24, 2.45) is 14.1 Å². The van der Waals surface area contributed by atoms with Crippen LogP contribution in [0.4, 0.5) is 16.2 Å². The fourth-order valence-electron chi connectivity index (χ4n) is 3.14. The van der Waals surface area contributed by atoms with Crippen molar-refractivity contribution in [1.82, 2.24) is 9.13 Å². The molecule has 7 nitrogen and oxygen atoms in total. The maximum absolute atomic E-state index is 12.6. The minimum absolute atomic E-state index is 0.168. The molecule has 0 aliphatic heterocycles. The number of hydrogen-bond donors (Lipinski definition) is 2. The van der Waals surface area contributed by atoms with Crippen LogP contribution in [0.5, 0.6) is 11.5 Å². The molecule has 2 amide bonds. The van der Waals surface area contributed by atoms with Crippen LogP contribution in [0.3, 0.4) is 0 Å². The highest BCUT2D eigenvalue weighted by molar-refractivity contribution is 6.30. The van der Waals surface area contributed by atoms with Crippen molar-refractivity contribution in [2.75, 3.05) is 10.6 Å². The molecule has 0 fully saturated rings. The summed E-state index contributed by atoms with van der Waals surface area (Å²) in [4.78, 5) is 24.9. The van der Waals surface area contributed by atoms with Crippen LogP contribution in [0.1, 0.15) is 0 Å². The zero-order chi connectivity index (χ0) is 21.3. The first-order valence-electron chi connectivity index (χ1n) is 9.18. The first-order chi connectivity index (χ1) is 14.4. The third kappa shape index (κ3) is 3.88. The third-order valence-electron chi connectivity index (χ3n) is 4.69. The summed E-state index contributed by atoms with van der Waals surface area (Å²) >= 11 is 5.89. The molecule has 30 heavy (non-hydrogen) atoms. The summed E-state index contributed by atoms with van der Waals surface area (Å²) in [6, 6.07) is 19.0. The molecule has 152 valence electrons. The van der Waals surface area contributed by atoms with Crippen LogP contribution in [-0.2, 0) is 14.1 Å². The summed E-state index contributed by atoms with van der Waals surface area (Å²) in [6.07, 6.45) is 0. The minimum atomic E-state index is -0.449. The van der Waals surface area contributed by atoms with Crippen LogP contribution >= 0.6 is 11.6 Å². The monoisotopic (exact) mass is 422 g/mol. The van der Waals surface area contributed by atoms with E-state index in [1.807, 2.05) is 30.3 Å². The average Bonchev–Trinajstić information content (AvgIpc) is 2.94. The third-order valence-corrected chi connectivity index (χ3v) is 4.95. The fourth-order valence-corrected chi connectivity index (χ4v) is 3.27. The number of anilines is 2.